The van der Waals surface area contributed by atoms with Crippen molar-refractivity contribution < 1.29 is 0 Å². The van der Waals surface area contributed by atoms with E-state index < -0.39 is 0 Å². The van der Waals surface area contributed by atoms with Crippen molar-refractivity contribution in [2.24, 2.45) is 4.99 Å². The standard InChI is InChI=1S/C6H9N.C5H13N.C2H6/c1-3-5-7-6-4-2;1-4-6-5(2)3;1-2/h3-6H,1H2,2H3;5-6H,4H2,1-3H3;1-2H3/b6-4-,7-5?;;. The number of rotatable bonds is 4. The monoisotopic (exact) mass is 212 g/mol. The third-order valence-electron chi connectivity index (χ3n) is 1.04. The Kier molecular flexibility index (Phi) is 30.3. The van der Waals surface area contributed by atoms with Gasteiger partial charge in [0, 0.05) is 18.5 Å². The molecule has 0 bridgehead atoms. The maximum absolute atomic E-state index is 3.78. The first-order valence-corrected chi connectivity index (χ1v) is 5.67. The Labute approximate surface area is 96.2 Å². The summed E-state index contributed by atoms with van der Waals surface area (Å²) < 4.78 is 0. The number of hydrogen-bond donors (Lipinski definition) is 1. The minimum Gasteiger partial charge on any atom is -0.315 e. The van der Waals surface area contributed by atoms with Crippen molar-refractivity contribution >= 4 is 6.21 Å². The highest BCUT2D eigenvalue weighted by Gasteiger charge is 1.82. The molecule has 0 aliphatic carbocycles. The fourth-order valence-electron chi connectivity index (χ4n) is 0.605. The van der Waals surface area contributed by atoms with Crippen LogP contribution in [0.1, 0.15) is 41.5 Å². The fourth-order valence-corrected chi connectivity index (χ4v) is 0.605. The predicted molar refractivity (Wildman–Crippen MR) is 73.7 cm³/mol. The van der Waals surface area contributed by atoms with Crippen molar-refractivity contribution in [3.63, 3.8) is 0 Å². The highest BCUT2D eigenvalue weighted by molar-refractivity contribution is 5.70. The van der Waals surface area contributed by atoms with Crippen LogP contribution in [0.5, 0.6) is 0 Å². The van der Waals surface area contributed by atoms with Crippen molar-refractivity contribution in [3.8, 4) is 0 Å². The molecule has 0 aromatic carbocycles. The molecule has 1 N–H and O–H groups in total. The van der Waals surface area contributed by atoms with Gasteiger partial charge in [-0.3, -0.25) is 4.99 Å². The summed E-state index contributed by atoms with van der Waals surface area (Å²) in [6.07, 6.45) is 6.85. The maximum atomic E-state index is 3.78. The van der Waals surface area contributed by atoms with Crippen LogP contribution in [-0.2, 0) is 0 Å². The first kappa shape index (κ1) is 19.6. The first-order chi connectivity index (χ1) is 7.18. The van der Waals surface area contributed by atoms with Gasteiger partial charge >= 0.3 is 0 Å². The fraction of sp³-hybridized carbons (Fsp3) is 0.615. The van der Waals surface area contributed by atoms with Gasteiger partial charge in [-0.15, -0.1) is 0 Å². The lowest BCUT2D eigenvalue weighted by molar-refractivity contribution is 0.613. The average Bonchev–Trinajstić information content (AvgIpc) is 2.22. The SMILES string of the molecule is C=CC=N/C=C\C.CC.CCNC(C)C. The molecule has 0 aromatic heterocycles. The Morgan fingerprint density at radius 2 is 1.87 bits per heavy atom. The molecule has 0 radical (unpaired) electrons. The molecule has 0 unspecified atom stereocenters. The van der Waals surface area contributed by atoms with E-state index in [0.29, 0.717) is 6.04 Å². The number of nitrogens with zero attached hydrogens (tertiary/aromatic N) is 1. The van der Waals surface area contributed by atoms with Crippen LogP contribution in [-0.4, -0.2) is 18.8 Å². The van der Waals surface area contributed by atoms with Gasteiger partial charge in [-0.1, -0.05) is 53.3 Å². The number of allylic oxidation sites excluding steroid dienone is 2. The van der Waals surface area contributed by atoms with E-state index >= 15 is 0 Å². The zero-order chi connectivity index (χ0) is 12.5. The van der Waals surface area contributed by atoms with Gasteiger partial charge in [0.1, 0.15) is 0 Å². The van der Waals surface area contributed by atoms with E-state index in [1.807, 2.05) is 26.8 Å². The van der Waals surface area contributed by atoms with Crippen LogP contribution in [0.15, 0.2) is 29.9 Å². The van der Waals surface area contributed by atoms with Crippen molar-refractivity contribution in [2.75, 3.05) is 6.54 Å². The Hall–Kier alpha value is -0.890. The van der Waals surface area contributed by atoms with Crippen molar-refractivity contribution in [1.82, 2.24) is 5.32 Å². The molecule has 0 saturated carbocycles. The summed E-state index contributed by atoms with van der Waals surface area (Å²) in [4.78, 5) is 3.78. The lowest BCUT2D eigenvalue weighted by Crippen LogP contribution is -2.21. The Morgan fingerprint density at radius 1 is 1.33 bits per heavy atom. The molecule has 0 heterocycles. The quantitative estimate of drug-likeness (QED) is 0.704. The molecule has 90 valence electrons. The third kappa shape index (κ3) is 43.3. The molecule has 0 aromatic rings. The van der Waals surface area contributed by atoms with E-state index in [-0.39, 0.29) is 0 Å². The summed E-state index contributed by atoms with van der Waals surface area (Å²) in [5.74, 6) is 0. The molecule has 0 aliphatic heterocycles. The van der Waals surface area contributed by atoms with Crippen molar-refractivity contribution in [2.45, 2.75) is 47.6 Å². The minimum absolute atomic E-state index is 0.648. The molecular formula is C13H28N2. The van der Waals surface area contributed by atoms with Gasteiger partial charge < -0.3 is 5.32 Å². The number of hydrogen-bond acceptors (Lipinski definition) is 2. The summed E-state index contributed by atoms with van der Waals surface area (Å²) in [5, 5.41) is 3.21. The summed E-state index contributed by atoms with van der Waals surface area (Å²) in [7, 11) is 0. The second-order valence-corrected chi connectivity index (χ2v) is 2.73. The van der Waals surface area contributed by atoms with Crippen LogP contribution < -0.4 is 5.32 Å². The third-order valence-corrected chi connectivity index (χ3v) is 1.04. The van der Waals surface area contributed by atoms with Gasteiger partial charge in [-0.2, -0.15) is 0 Å². The maximum Gasteiger partial charge on any atom is 0.0261 e. The molecule has 2 nitrogen and oxygen atoms in total. The van der Waals surface area contributed by atoms with Crippen molar-refractivity contribution in [1.29, 1.82) is 0 Å². The van der Waals surface area contributed by atoms with Gasteiger partial charge in [0.25, 0.3) is 0 Å². The summed E-state index contributed by atoms with van der Waals surface area (Å²) in [5.41, 5.74) is 0. The zero-order valence-electron chi connectivity index (χ0n) is 11.2. The van der Waals surface area contributed by atoms with Crippen LogP contribution in [0, 0.1) is 0 Å². The smallest absolute Gasteiger partial charge is 0.0261 e. The highest BCUT2D eigenvalue weighted by atomic mass is 14.9. The van der Waals surface area contributed by atoms with Crippen LogP contribution >= 0.6 is 0 Å². The van der Waals surface area contributed by atoms with Gasteiger partial charge in [0.15, 0.2) is 0 Å². The second kappa shape index (κ2) is 23.2. The van der Waals surface area contributed by atoms with Crippen LogP contribution in [0.2, 0.25) is 0 Å². The Morgan fingerprint density at radius 3 is 2.07 bits per heavy atom. The van der Waals surface area contributed by atoms with Crippen molar-refractivity contribution in [3.05, 3.63) is 24.9 Å². The molecule has 2 heteroatoms. The summed E-state index contributed by atoms with van der Waals surface area (Å²) in [6.45, 7) is 16.8. The molecule has 15 heavy (non-hydrogen) atoms. The van der Waals surface area contributed by atoms with Gasteiger partial charge in [-0.05, 0) is 13.5 Å². The topological polar surface area (TPSA) is 24.4 Å². The van der Waals surface area contributed by atoms with Crippen LogP contribution in [0.25, 0.3) is 0 Å². The molecule has 0 fully saturated rings. The van der Waals surface area contributed by atoms with Gasteiger partial charge in [-0.25, -0.2) is 0 Å². The summed E-state index contributed by atoms with van der Waals surface area (Å²) in [6, 6.07) is 0.648. The lowest BCUT2D eigenvalue weighted by Gasteiger charge is -2.00. The number of aliphatic imine (C=N–C) groups is 1. The number of nitrogens with one attached hydrogen (secondary N) is 1. The molecule has 0 spiro atoms. The van der Waals surface area contributed by atoms with E-state index in [4.69, 9.17) is 0 Å². The lowest BCUT2D eigenvalue weighted by atomic mass is 10.4. The van der Waals surface area contributed by atoms with E-state index in [1.54, 1.807) is 18.5 Å². The van der Waals surface area contributed by atoms with E-state index in [2.05, 4.69) is 37.7 Å². The van der Waals surface area contributed by atoms with Gasteiger partial charge in [0.2, 0.25) is 0 Å². The first-order valence-electron chi connectivity index (χ1n) is 5.67. The molecular weight excluding hydrogens is 184 g/mol. The summed E-state index contributed by atoms with van der Waals surface area (Å²) >= 11 is 0. The molecule has 0 amide bonds. The van der Waals surface area contributed by atoms with E-state index in [0.717, 1.165) is 6.54 Å². The Balaban J connectivity index is -0.000000166. The molecule has 0 rings (SSSR count). The van der Waals surface area contributed by atoms with Crippen LogP contribution in [0.3, 0.4) is 0 Å². The largest absolute Gasteiger partial charge is 0.315 e. The highest BCUT2D eigenvalue weighted by Crippen LogP contribution is 1.70. The molecule has 0 aliphatic rings. The molecule has 0 saturated heterocycles. The van der Waals surface area contributed by atoms with Crippen LogP contribution in [0.4, 0.5) is 0 Å². The second-order valence-electron chi connectivity index (χ2n) is 2.73. The van der Waals surface area contributed by atoms with E-state index in [1.165, 1.54) is 0 Å². The minimum atomic E-state index is 0.648. The van der Waals surface area contributed by atoms with E-state index in [9.17, 15) is 0 Å². The normalized spacial score (nSPS) is 9.53. The van der Waals surface area contributed by atoms with Gasteiger partial charge in [0.05, 0.1) is 0 Å². The predicted octanol–water partition coefficient (Wildman–Crippen LogP) is 3.81. The zero-order valence-corrected chi connectivity index (χ0v) is 11.2. The molecule has 0 atom stereocenters. The Bertz CT molecular complexity index is 147. The average molecular weight is 212 g/mol.